The molecule has 0 saturated carbocycles. The third-order valence-electron chi connectivity index (χ3n) is 3.79. The van der Waals surface area contributed by atoms with Crippen LogP contribution in [0.15, 0.2) is 77.8 Å². The fraction of sp³-hybridized carbons (Fsp3) is 0.105. The molecule has 0 saturated heterocycles. The van der Waals surface area contributed by atoms with Crippen molar-refractivity contribution >= 4 is 38.8 Å². The van der Waals surface area contributed by atoms with Gasteiger partial charge in [0, 0.05) is 12.2 Å². The molecular formula is C19H18ClN3O2S. The lowest BCUT2D eigenvalue weighted by atomic mass is 10.3. The Morgan fingerprint density at radius 2 is 1.69 bits per heavy atom. The summed E-state index contributed by atoms with van der Waals surface area (Å²) in [6.07, 6.45) is 1.50. The first-order chi connectivity index (χ1) is 12.5. The van der Waals surface area contributed by atoms with E-state index >= 15 is 0 Å². The predicted molar refractivity (Wildman–Crippen MR) is 106 cm³/mol. The Kier molecular flexibility index (Phi) is 5.44. The highest BCUT2D eigenvalue weighted by molar-refractivity contribution is 7.92. The number of hydrogen-bond donors (Lipinski definition) is 1. The van der Waals surface area contributed by atoms with Gasteiger partial charge in [-0.3, -0.25) is 4.72 Å². The molecule has 3 rings (SSSR count). The molecule has 1 heterocycles. The Balaban J connectivity index is 1.83. The van der Waals surface area contributed by atoms with Gasteiger partial charge in [0.05, 0.1) is 16.9 Å². The number of nitrogens with zero attached hydrogens (tertiary/aromatic N) is 2. The second kappa shape index (κ2) is 7.76. The first-order valence-electron chi connectivity index (χ1n) is 8.07. The Morgan fingerprint density at radius 3 is 2.31 bits per heavy atom. The van der Waals surface area contributed by atoms with Crippen LogP contribution in [0, 0.1) is 0 Å². The summed E-state index contributed by atoms with van der Waals surface area (Å²) in [6, 6.07) is 19.6. The predicted octanol–water partition coefficient (Wildman–Crippen LogP) is 4.69. The van der Waals surface area contributed by atoms with Crippen LogP contribution in [-0.4, -0.2) is 19.9 Å². The molecule has 5 nitrogen and oxygen atoms in total. The van der Waals surface area contributed by atoms with Crippen LogP contribution in [0.5, 0.6) is 0 Å². The summed E-state index contributed by atoms with van der Waals surface area (Å²) in [4.78, 5) is 6.46. The molecule has 0 amide bonds. The van der Waals surface area contributed by atoms with E-state index in [0.29, 0.717) is 5.69 Å². The maximum Gasteiger partial charge on any atom is 0.263 e. The average Bonchev–Trinajstić information content (AvgIpc) is 2.64. The van der Waals surface area contributed by atoms with Gasteiger partial charge in [-0.2, -0.15) is 0 Å². The van der Waals surface area contributed by atoms with Crippen LogP contribution in [0.2, 0.25) is 5.02 Å². The Labute approximate surface area is 158 Å². The summed E-state index contributed by atoms with van der Waals surface area (Å²) in [5.74, 6) is 0.736. The lowest BCUT2D eigenvalue weighted by Crippen LogP contribution is -2.18. The monoisotopic (exact) mass is 387 g/mol. The topological polar surface area (TPSA) is 62.3 Å². The maximum atomic E-state index is 12.5. The van der Waals surface area contributed by atoms with E-state index in [1.54, 1.807) is 24.3 Å². The highest BCUT2D eigenvalue weighted by Gasteiger charge is 2.18. The third kappa shape index (κ3) is 3.98. The average molecular weight is 388 g/mol. The molecule has 7 heteroatoms. The van der Waals surface area contributed by atoms with Crippen LogP contribution in [0.4, 0.5) is 17.2 Å². The first kappa shape index (κ1) is 18.2. The van der Waals surface area contributed by atoms with E-state index in [4.69, 9.17) is 11.6 Å². The molecule has 1 N–H and O–H groups in total. The van der Waals surface area contributed by atoms with Crippen molar-refractivity contribution in [2.45, 2.75) is 11.8 Å². The second-order valence-electron chi connectivity index (χ2n) is 5.52. The van der Waals surface area contributed by atoms with Gasteiger partial charge < -0.3 is 4.90 Å². The normalized spacial score (nSPS) is 11.2. The molecular weight excluding hydrogens is 370 g/mol. The zero-order valence-corrected chi connectivity index (χ0v) is 15.7. The molecule has 0 aliphatic heterocycles. The highest BCUT2D eigenvalue weighted by atomic mass is 35.5. The standard InChI is InChI=1S/C19H18ClN3O2S/c1-2-23(16-8-4-3-5-9-16)19-13-12-15(14-21-19)22-26(24,25)18-11-7-6-10-17(18)20/h3-14,22H,2H2,1H3. The van der Waals surface area contributed by atoms with E-state index in [9.17, 15) is 8.42 Å². The fourth-order valence-corrected chi connectivity index (χ4v) is 4.13. The number of aromatic nitrogens is 1. The molecule has 0 bridgehead atoms. The zero-order chi connectivity index (χ0) is 18.6. The van der Waals surface area contributed by atoms with Gasteiger partial charge in [-0.05, 0) is 43.3 Å². The molecule has 26 heavy (non-hydrogen) atoms. The van der Waals surface area contributed by atoms with Crippen molar-refractivity contribution in [1.82, 2.24) is 4.98 Å². The number of hydrogen-bond acceptors (Lipinski definition) is 4. The van der Waals surface area contributed by atoms with Crippen molar-refractivity contribution in [2.75, 3.05) is 16.2 Å². The van der Waals surface area contributed by atoms with Gasteiger partial charge in [-0.1, -0.05) is 41.9 Å². The van der Waals surface area contributed by atoms with Crippen molar-refractivity contribution in [2.24, 2.45) is 0 Å². The van der Waals surface area contributed by atoms with Gasteiger partial charge in [0.1, 0.15) is 10.7 Å². The minimum Gasteiger partial charge on any atom is -0.327 e. The SMILES string of the molecule is CCN(c1ccccc1)c1ccc(NS(=O)(=O)c2ccccc2Cl)cn1. The zero-order valence-electron chi connectivity index (χ0n) is 14.1. The summed E-state index contributed by atoms with van der Waals surface area (Å²) in [6.45, 7) is 2.77. The lowest BCUT2D eigenvalue weighted by Gasteiger charge is -2.22. The fourth-order valence-electron chi connectivity index (χ4n) is 2.56. The summed E-state index contributed by atoms with van der Waals surface area (Å²) in [5, 5.41) is 0.172. The largest absolute Gasteiger partial charge is 0.327 e. The van der Waals surface area contributed by atoms with E-state index in [-0.39, 0.29) is 9.92 Å². The van der Waals surface area contributed by atoms with Crippen molar-refractivity contribution < 1.29 is 8.42 Å². The second-order valence-corrected chi connectivity index (χ2v) is 7.58. The molecule has 3 aromatic rings. The Hall–Kier alpha value is -2.57. The van der Waals surface area contributed by atoms with Gasteiger partial charge in [0.15, 0.2) is 0 Å². The summed E-state index contributed by atoms with van der Waals surface area (Å²) >= 11 is 5.99. The van der Waals surface area contributed by atoms with Gasteiger partial charge >= 0.3 is 0 Å². The molecule has 0 aliphatic carbocycles. The number of pyridine rings is 1. The van der Waals surface area contributed by atoms with Crippen molar-refractivity contribution in [3.63, 3.8) is 0 Å². The number of rotatable bonds is 6. The van der Waals surface area contributed by atoms with Crippen LogP contribution in [0.1, 0.15) is 6.92 Å². The van der Waals surface area contributed by atoms with E-state index in [1.165, 1.54) is 18.3 Å². The minimum atomic E-state index is -3.77. The summed E-state index contributed by atoms with van der Waals surface area (Å²) in [7, 11) is -3.77. The smallest absolute Gasteiger partial charge is 0.263 e. The summed E-state index contributed by atoms with van der Waals surface area (Å²) < 4.78 is 27.5. The molecule has 1 aromatic heterocycles. The molecule has 134 valence electrons. The number of sulfonamides is 1. The minimum absolute atomic E-state index is 0.0326. The molecule has 0 atom stereocenters. The molecule has 2 aromatic carbocycles. The molecule has 0 spiro atoms. The van der Waals surface area contributed by atoms with E-state index in [0.717, 1.165) is 18.1 Å². The van der Waals surface area contributed by atoms with Crippen LogP contribution in [-0.2, 0) is 10.0 Å². The van der Waals surface area contributed by atoms with E-state index < -0.39 is 10.0 Å². The van der Waals surface area contributed by atoms with Crippen molar-refractivity contribution in [1.29, 1.82) is 0 Å². The number of halogens is 1. The third-order valence-corrected chi connectivity index (χ3v) is 5.67. The van der Waals surface area contributed by atoms with Gasteiger partial charge in [0.2, 0.25) is 0 Å². The molecule has 0 fully saturated rings. The summed E-state index contributed by atoms with van der Waals surface area (Å²) in [5.41, 5.74) is 1.39. The van der Waals surface area contributed by atoms with Gasteiger partial charge in [-0.25, -0.2) is 13.4 Å². The number of nitrogens with one attached hydrogen (secondary N) is 1. The maximum absolute atomic E-state index is 12.5. The van der Waals surface area contributed by atoms with Crippen LogP contribution >= 0.6 is 11.6 Å². The van der Waals surface area contributed by atoms with Crippen LogP contribution in [0.3, 0.4) is 0 Å². The Bertz CT molecular complexity index is 977. The van der Waals surface area contributed by atoms with Crippen LogP contribution in [0.25, 0.3) is 0 Å². The first-order valence-corrected chi connectivity index (χ1v) is 9.93. The lowest BCUT2D eigenvalue weighted by molar-refractivity contribution is 0.601. The van der Waals surface area contributed by atoms with Crippen LogP contribution < -0.4 is 9.62 Å². The molecule has 0 unspecified atom stereocenters. The van der Waals surface area contributed by atoms with Gasteiger partial charge in [0.25, 0.3) is 10.0 Å². The number of para-hydroxylation sites is 1. The quantitative estimate of drug-likeness (QED) is 0.666. The molecule has 0 aliphatic rings. The number of benzene rings is 2. The highest BCUT2D eigenvalue weighted by Crippen LogP contribution is 2.26. The Morgan fingerprint density at radius 1 is 1.00 bits per heavy atom. The van der Waals surface area contributed by atoms with E-state index in [2.05, 4.69) is 9.71 Å². The van der Waals surface area contributed by atoms with E-state index in [1.807, 2.05) is 42.2 Å². The van der Waals surface area contributed by atoms with Crippen molar-refractivity contribution in [3.8, 4) is 0 Å². The van der Waals surface area contributed by atoms with Gasteiger partial charge in [-0.15, -0.1) is 0 Å². The number of anilines is 3. The van der Waals surface area contributed by atoms with Crippen molar-refractivity contribution in [3.05, 3.63) is 77.9 Å². The molecule has 0 radical (unpaired) electrons.